The van der Waals surface area contributed by atoms with Crippen LogP contribution < -0.4 is 5.32 Å². The molecule has 0 bridgehead atoms. The molecule has 0 fully saturated rings. The van der Waals surface area contributed by atoms with Crippen LogP contribution >= 0.6 is 27.5 Å². The van der Waals surface area contributed by atoms with E-state index >= 15 is 0 Å². The van der Waals surface area contributed by atoms with Crippen LogP contribution in [-0.2, 0) is 9.53 Å². The van der Waals surface area contributed by atoms with E-state index in [9.17, 15) is 4.79 Å². The van der Waals surface area contributed by atoms with Crippen LogP contribution in [0.15, 0.2) is 53.0 Å². The lowest BCUT2D eigenvalue weighted by molar-refractivity contribution is -0.141. The maximum Gasteiger partial charge on any atom is 0.332 e. The Hall–Kier alpha value is -1.52. The van der Waals surface area contributed by atoms with Crippen molar-refractivity contribution in [3.63, 3.8) is 0 Å². The molecule has 5 heteroatoms. The van der Waals surface area contributed by atoms with E-state index in [0.717, 1.165) is 15.7 Å². The van der Waals surface area contributed by atoms with Crippen LogP contribution in [0.2, 0.25) is 5.02 Å². The summed E-state index contributed by atoms with van der Waals surface area (Å²) in [6, 6.07) is 14.2. The van der Waals surface area contributed by atoms with Crippen molar-refractivity contribution in [3.05, 3.63) is 63.6 Å². The Balaban J connectivity index is 2.28. The van der Waals surface area contributed by atoms with E-state index in [1.807, 2.05) is 42.5 Å². The second-order valence-electron chi connectivity index (χ2n) is 4.14. The van der Waals surface area contributed by atoms with Gasteiger partial charge in [0.25, 0.3) is 0 Å². The zero-order valence-corrected chi connectivity index (χ0v) is 13.1. The SMILES string of the molecule is COC(=O)C(Nc1ccc(Cl)c(Br)c1)c1ccccc1. The number of carbonyl (C=O) groups is 1. The van der Waals surface area contributed by atoms with Gasteiger partial charge >= 0.3 is 5.97 Å². The molecular weight excluding hydrogens is 342 g/mol. The highest BCUT2D eigenvalue weighted by Gasteiger charge is 2.21. The second kappa shape index (κ2) is 6.77. The summed E-state index contributed by atoms with van der Waals surface area (Å²) in [5.41, 5.74) is 1.62. The predicted molar refractivity (Wildman–Crippen MR) is 84.0 cm³/mol. The molecular formula is C15H13BrClNO2. The third kappa shape index (κ3) is 3.52. The van der Waals surface area contributed by atoms with Crippen LogP contribution in [0.25, 0.3) is 0 Å². The highest BCUT2D eigenvalue weighted by Crippen LogP contribution is 2.28. The van der Waals surface area contributed by atoms with Gasteiger partial charge in [-0.1, -0.05) is 41.9 Å². The van der Waals surface area contributed by atoms with Crippen LogP contribution in [0.3, 0.4) is 0 Å². The van der Waals surface area contributed by atoms with Gasteiger partial charge in [0.05, 0.1) is 12.1 Å². The molecule has 0 aliphatic rings. The lowest BCUT2D eigenvalue weighted by Gasteiger charge is -2.18. The number of nitrogens with one attached hydrogen (secondary N) is 1. The van der Waals surface area contributed by atoms with E-state index in [1.165, 1.54) is 7.11 Å². The monoisotopic (exact) mass is 353 g/mol. The first-order valence-corrected chi connectivity index (χ1v) is 7.13. The number of methoxy groups -OCH3 is 1. The summed E-state index contributed by atoms with van der Waals surface area (Å²) in [4.78, 5) is 11.9. The molecule has 0 radical (unpaired) electrons. The normalized spacial score (nSPS) is 11.8. The van der Waals surface area contributed by atoms with E-state index in [0.29, 0.717) is 5.02 Å². The third-order valence-corrected chi connectivity index (χ3v) is 4.01. The molecule has 0 aliphatic heterocycles. The third-order valence-electron chi connectivity index (χ3n) is 2.80. The molecule has 1 N–H and O–H groups in total. The summed E-state index contributed by atoms with van der Waals surface area (Å²) in [5, 5.41) is 3.77. The highest BCUT2D eigenvalue weighted by atomic mass is 79.9. The Morgan fingerprint density at radius 3 is 2.55 bits per heavy atom. The zero-order valence-electron chi connectivity index (χ0n) is 10.8. The summed E-state index contributed by atoms with van der Waals surface area (Å²) in [5.74, 6) is -0.345. The molecule has 20 heavy (non-hydrogen) atoms. The van der Waals surface area contributed by atoms with E-state index in [4.69, 9.17) is 16.3 Å². The summed E-state index contributed by atoms with van der Waals surface area (Å²) in [6.07, 6.45) is 0. The maximum absolute atomic E-state index is 11.9. The molecule has 0 aromatic heterocycles. The minimum absolute atomic E-state index is 0.345. The number of halogens is 2. The largest absolute Gasteiger partial charge is 0.467 e. The Labute approximate surface area is 131 Å². The molecule has 1 unspecified atom stereocenters. The highest BCUT2D eigenvalue weighted by molar-refractivity contribution is 9.10. The minimum Gasteiger partial charge on any atom is -0.467 e. The Kier molecular flexibility index (Phi) is 5.04. The topological polar surface area (TPSA) is 38.3 Å². The van der Waals surface area contributed by atoms with Gasteiger partial charge in [-0.05, 0) is 39.7 Å². The number of ether oxygens (including phenoxy) is 1. The number of hydrogen-bond acceptors (Lipinski definition) is 3. The van der Waals surface area contributed by atoms with Gasteiger partial charge in [0, 0.05) is 10.2 Å². The molecule has 0 spiro atoms. The molecule has 0 aliphatic carbocycles. The van der Waals surface area contributed by atoms with Crippen molar-refractivity contribution in [3.8, 4) is 0 Å². The molecule has 2 aromatic carbocycles. The first-order valence-electron chi connectivity index (χ1n) is 5.96. The summed E-state index contributed by atoms with van der Waals surface area (Å²) < 4.78 is 5.62. The quantitative estimate of drug-likeness (QED) is 0.826. The molecule has 104 valence electrons. The fourth-order valence-electron chi connectivity index (χ4n) is 1.79. The van der Waals surface area contributed by atoms with Crippen LogP contribution in [-0.4, -0.2) is 13.1 Å². The summed E-state index contributed by atoms with van der Waals surface area (Å²) in [7, 11) is 1.37. The van der Waals surface area contributed by atoms with Crippen LogP contribution in [0.4, 0.5) is 5.69 Å². The lowest BCUT2D eigenvalue weighted by atomic mass is 10.1. The standard InChI is InChI=1S/C15H13BrClNO2/c1-20-15(19)14(10-5-3-2-4-6-10)18-11-7-8-13(17)12(16)9-11/h2-9,14,18H,1H3. The number of carbonyl (C=O) groups excluding carboxylic acids is 1. The van der Waals surface area contributed by atoms with Gasteiger partial charge in [-0.2, -0.15) is 0 Å². The van der Waals surface area contributed by atoms with Crippen molar-refractivity contribution in [2.75, 3.05) is 12.4 Å². The Morgan fingerprint density at radius 1 is 1.25 bits per heavy atom. The fraction of sp³-hybridized carbons (Fsp3) is 0.133. The number of anilines is 1. The van der Waals surface area contributed by atoms with Crippen LogP contribution in [0.1, 0.15) is 11.6 Å². The van der Waals surface area contributed by atoms with Crippen LogP contribution in [0.5, 0.6) is 0 Å². The van der Waals surface area contributed by atoms with E-state index in [2.05, 4.69) is 21.2 Å². The first-order chi connectivity index (χ1) is 9.61. The molecule has 2 aromatic rings. The molecule has 2 rings (SSSR count). The Morgan fingerprint density at radius 2 is 1.95 bits per heavy atom. The van der Waals surface area contributed by atoms with Gasteiger partial charge in [0.15, 0.2) is 6.04 Å². The van der Waals surface area contributed by atoms with Crippen LogP contribution in [0, 0.1) is 0 Å². The van der Waals surface area contributed by atoms with E-state index < -0.39 is 6.04 Å². The molecule has 1 atom stereocenters. The average molecular weight is 355 g/mol. The van der Waals surface area contributed by atoms with Crippen molar-refractivity contribution < 1.29 is 9.53 Å². The van der Waals surface area contributed by atoms with Crippen molar-refractivity contribution in [2.45, 2.75) is 6.04 Å². The smallest absolute Gasteiger partial charge is 0.332 e. The predicted octanol–water partition coefficient (Wildman–Crippen LogP) is 4.43. The fourth-order valence-corrected chi connectivity index (χ4v) is 2.29. The first kappa shape index (κ1) is 14.9. The van der Waals surface area contributed by atoms with Gasteiger partial charge in [0.2, 0.25) is 0 Å². The second-order valence-corrected chi connectivity index (χ2v) is 5.40. The molecule has 0 saturated heterocycles. The van der Waals surface area contributed by atoms with Crippen molar-refractivity contribution in [1.82, 2.24) is 0 Å². The van der Waals surface area contributed by atoms with Crippen molar-refractivity contribution in [1.29, 1.82) is 0 Å². The van der Waals surface area contributed by atoms with E-state index in [-0.39, 0.29) is 5.97 Å². The van der Waals surface area contributed by atoms with Crippen molar-refractivity contribution >= 4 is 39.2 Å². The molecule has 0 amide bonds. The average Bonchev–Trinajstić information content (AvgIpc) is 2.48. The molecule has 0 saturated carbocycles. The van der Waals surface area contributed by atoms with Gasteiger partial charge < -0.3 is 10.1 Å². The summed E-state index contributed by atoms with van der Waals surface area (Å²) in [6.45, 7) is 0. The lowest BCUT2D eigenvalue weighted by Crippen LogP contribution is -2.22. The van der Waals surface area contributed by atoms with Crippen molar-refractivity contribution in [2.24, 2.45) is 0 Å². The maximum atomic E-state index is 11.9. The van der Waals surface area contributed by atoms with Gasteiger partial charge in [-0.25, -0.2) is 4.79 Å². The Bertz CT molecular complexity index is 604. The van der Waals surface area contributed by atoms with Gasteiger partial charge in [-0.15, -0.1) is 0 Å². The van der Waals surface area contributed by atoms with Gasteiger partial charge in [0.1, 0.15) is 0 Å². The van der Waals surface area contributed by atoms with Gasteiger partial charge in [-0.3, -0.25) is 0 Å². The number of hydrogen-bond donors (Lipinski definition) is 1. The minimum atomic E-state index is -0.561. The zero-order chi connectivity index (χ0) is 14.5. The molecule has 0 heterocycles. The number of esters is 1. The van der Waals surface area contributed by atoms with E-state index in [1.54, 1.807) is 6.07 Å². The summed E-state index contributed by atoms with van der Waals surface area (Å²) >= 11 is 9.32. The number of rotatable bonds is 4. The molecule has 3 nitrogen and oxygen atoms in total. The number of benzene rings is 2.